The van der Waals surface area contributed by atoms with Crippen LogP contribution in [0.4, 0.5) is 0 Å². The van der Waals surface area contributed by atoms with Crippen LogP contribution in [0.3, 0.4) is 0 Å². The summed E-state index contributed by atoms with van der Waals surface area (Å²) in [5, 5.41) is 0. The van der Waals surface area contributed by atoms with Gasteiger partial charge in [0.2, 0.25) is 0 Å². The minimum atomic E-state index is 0. The van der Waals surface area contributed by atoms with Gasteiger partial charge in [0.1, 0.15) is 0 Å². The summed E-state index contributed by atoms with van der Waals surface area (Å²) in [6, 6.07) is 0. The van der Waals surface area contributed by atoms with Crippen LogP contribution in [0.5, 0.6) is 0 Å². The van der Waals surface area contributed by atoms with Crippen LogP contribution >= 0.6 is 37.2 Å². The molecular formula is H3CeCl3LaPr. The monoisotopic (exact) mass is 528 g/mol. The summed E-state index contributed by atoms with van der Waals surface area (Å²) in [5.41, 5.74) is 0. The number of halogens is 3. The van der Waals surface area contributed by atoms with Crippen LogP contribution in [-0.2, 0) is 0 Å². The van der Waals surface area contributed by atoms with E-state index in [1.165, 1.54) is 0 Å². The Bertz CT molecular complexity index is 10.8. The van der Waals surface area contributed by atoms with Gasteiger partial charge in [-0.25, -0.2) is 0 Å². The predicted molar refractivity (Wildman–Crippen MR) is 21.7 cm³/mol. The molecule has 0 aromatic rings. The topological polar surface area (TPSA) is 0 Å². The second-order valence-corrected chi connectivity index (χ2v) is 0. The van der Waals surface area contributed by atoms with Crippen LogP contribution in [0.15, 0.2) is 0 Å². The molecule has 0 aliphatic carbocycles. The Morgan fingerprint density at radius 2 is 0.667 bits per heavy atom. The fourth-order valence-electron chi connectivity index (χ4n) is 0. The van der Waals surface area contributed by atoms with Gasteiger partial charge < -0.3 is 0 Å². The summed E-state index contributed by atoms with van der Waals surface area (Å²) in [5.74, 6) is 0. The smallest absolute Gasteiger partial charge is 0 e. The van der Waals surface area contributed by atoms with Gasteiger partial charge in [-0.05, 0) is 0 Å². The second-order valence-electron chi connectivity index (χ2n) is 0. The molecule has 0 unspecified atom stereocenters. The second kappa shape index (κ2) is 32.9. The summed E-state index contributed by atoms with van der Waals surface area (Å²) in [7, 11) is 0. The number of rotatable bonds is 0. The van der Waals surface area contributed by atoms with Crippen molar-refractivity contribution < 1.29 is 119 Å². The van der Waals surface area contributed by atoms with Crippen molar-refractivity contribution in [1.29, 1.82) is 0 Å². The van der Waals surface area contributed by atoms with Crippen molar-refractivity contribution in [3.8, 4) is 0 Å². The molecule has 6 heteroatoms. The van der Waals surface area contributed by atoms with Gasteiger partial charge in [-0.1, -0.05) is 0 Å². The van der Waals surface area contributed by atoms with Crippen molar-refractivity contribution in [2.45, 2.75) is 0 Å². The first kappa shape index (κ1) is 45.0. The maximum absolute atomic E-state index is 0. The largest absolute Gasteiger partial charge is 0.147 e. The zero-order valence-corrected chi connectivity index (χ0v) is 15.8. The standard InChI is InChI=1S/Ce.3ClH.La.Pr/h;3*1H;;. The quantitative estimate of drug-likeness (QED) is 0.444. The predicted octanol–water partition coefficient (Wildman–Crippen LogP) is 1.27. The van der Waals surface area contributed by atoms with Crippen molar-refractivity contribution in [3.63, 3.8) is 0 Å². The van der Waals surface area contributed by atoms with Crippen molar-refractivity contribution in [1.82, 2.24) is 0 Å². The van der Waals surface area contributed by atoms with Crippen LogP contribution in [-0.4, -0.2) is 0 Å². The van der Waals surface area contributed by atoms with E-state index < -0.39 is 0 Å². The third-order valence-electron chi connectivity index (χ3n) is 0. The summed E-state index contributed by atoms with van der Waals surface area (Å²) in [6.45, 7) is 0. The molecule has 0 N–H and O–H groups in total. The molecule has 0 aliphatic heterocycles. The molecule has 0 aromatic heterocycles. The molecule has 0 aromatic carbocycles. The molecule has 0 rings (SSSR count). The van der Waals surface area contributed by atoms with Crippen LogP contribution < -0.4 is 0 Å². The molecule has 0 heterocycles. The normalized spacial score (nSPS) is 0. The van der Waals surface area contributed by atoms with Gasteiger partial charge in [0.25, 0.3) is 0 Å². The number of hydrogen-bond donors (Lipinski definition) is 0. The molecule has 34 valence electrons. The van der Waals surface area contributed by atoms with E-state index >= 15 is 0 Å². The molecule has 0 fully saturated rings. The van der Waals surface area contributed by atoms with E-state index in [0.29, 0.717) is 0 Å². The third-order valence-corrected chi connectivity index (χ3v) is 0. The summed E-state index contributed by atoms with van der Waals surface area (Å²) in [6.07, 6.45) is 0. The van der Waals surface area contributed by atoms with Gasteiger partial charge in [-0.3, -0.25) is 0 Å². The van der Waals surface area contributed by atoms with Crippen LogP contribution in [0.2, 0.25) is 0 Å². The molecule has 0 bridgehead atoms. The molecule has 0 atom stereocenters. The minimum absolute atomic E-state index is 0. The zero-order valence-electron chi connectivity index (χ0n) is 2.88. The van der Waals surface area contributed by atoms with E-state index in [1.54, 1.807) is 0 Å². The van der Waals surface area contributed by atoms with Crippen LogP contribution in [0, 0.1) is 119 Å². The average Bonchev–Trinajstić information content (AvgIpc) is 0. The van der Waals surface area contributed by atoms with Crippen LogP contribution in [0.1, 0.15) is 0 Å². The van der Waals surface area contributed by atoms with Gasteiger partial charge in [-0.15, -0.1) is 37.2 Å². The van der Waals surface area contributed by atoms with E-state index in [1.807, 2.05) is 0 Å². The SMILES string of the molecule is Cl.Cl.Cl.[Ce].[La].[Pr]. The Labute approximate surface area is 151 Å². The first-order valence-corrected chi connectivity index (χ1v) is 0. The van der Waals surface area contributed by atoms with Gasteiger partial charge in [0, 0.05) is 119 Å². The van der Waals surface area contributed by atoms with E-state index in [0.717, 1.165) is 0 Å². The maximum atomic E-state index is 0. The third kappa shape index (κ3) is 23.2. The van der Waals surface area contributed by atoms with Crippen molar-refractivity contribution in [3.05, 3.63) is 0 Å². The Morgan fingerprint density at radius 3 is 0.667 bits per heavy atom. The molecule has 0 amide bonds. The molecule has 0 aliphatic rings. The van der Waals surface area contributed by atoms with Gasteiger partial charge in [0.15, 0.2) is 0 Å². The van der Waals surface area contributed by atoms with E-state index in [9.17, 15) is 0 Å². The van der Waals surface area contributed by atoms with E-state index in [2.05, 4.69) is 0 Å². The molecule has 0 saturated heterocycles. The Morgan fingerprint density at radius 1 is 0.667 bits per heavy atom. The summed E-state index contributed by atoms with van der Waals surface area (Å²) < 4.78 is 0. The molecule has 0 saturated carbocycles. The first-order valence-electron chi connectivity index (χ1n) is 0. The van der Waals surface area contributed by atoms with E-state index in [-0.39, 0.29) is 156 Å². The number of hydrogen-bond acceptors (Lipinski definition) is 0. The average molecular weight is 529 g/mol. The molecule has 0 nitrogen and oxygen atoms in total. The molecule has 2 radical (unpaired) electrons. The minimum Gasteiger partial charge on any atom is -0.147 e. The summed E-state index contributed by atoms with van der Waals surface area (Å²) in [4.78, 5) is 0. The fourth-order valence-corrected chi connectivity index (χ4v) is 0. The van der Waals surface area contributed by atoms with E-state index in [4.69, 9.17) is 0 Å². The van der Waals surface area contributed by atoms with Crippen molar-refractivity contribution >= 4 is 37.2 Å². The zero-order chi connectivity index (χ0) is 0. The van der Waals surface area contributed by atoms with Gasteiger partial charge in [0.05, 0.1) is 0 Å². The maximum Gasteiger partial charge on any atom is 0 e. The Balaban J connectivity index is 0. The molecule has 0 spiro atoms. The Kier molecular flexibility index (Phi) is 247. The van der Waals surface area contributed by atoms with Crippen LogP contribution in [0.25, 0.3) is 0 Å². The van der Waals surface area contributed by atoms with Gasteiger partial charge in [-0.2, -0.15) is 0 Å². The first-order chi connectivity index (χ1) is 0. The molecule has 6 heavy (non-hydrogen) atoms. The van der Waals surface area contributed by atoms with Crippen molar-refractivity contribution in [2.75, 3.05) is 0 Å². The van der Waals surface area contributed by atoms with Crippen molar-refractivity contribution in [2.24, 2.45) is 0 Å². The fraction of sp³-hybridized carbons (Fsp3) is 0. The van der Waals surface area contributed by atoms with Gasteiger partial charge >= 0.3 is 0 Å². The molecular weight excluding hydrogens is 526 g/mol. The Hall–Kier alpha value is 4.81. The summed E-state index contributed by atoms with van der Waals surface area (Å²) >= 11 is 0.